The van der Waals surface area contributed by atoms with Gasteiger partial charge in [-0.25, -0.2) is 4.98 Å². The van der Waals surface area contributed by atoms with Crippen LogP contribution in [-0.2, 0) is 20.8 Å². The van der Waals surface area contributed by atoms with Crippen LogP contribution in [0, 0.1) is 12.8 Å². The molecule has 150 valence electrons. The van der Waals surface area contributed by atoms with Crippen molar-refractivity contribution in [2.24, 2.45) is 5.92 Å². The highest BCUT2D eigenvalue weighted by Crippen LogP contribution is 2.22. The first-order valence-corrected chi connectivity index (χ1v) is 9.10. The van der Waals surface area contributed by atoms with Gasteiger partial charge in [-0.3, -0.25) is 14.4 Å². The van der Waals surface area contributed by atoms with Crippen LogP contribution in [-0.4, -0.2) is 64.4 Å². The van der Waals surface area contributed by atoms with Crippen molar-refractivity contribution in [2.75, 3.05) is 26.7 Å². The number of hydrogen-bond acceptors (Lipinski definition) is 6. The second-order valence-electron chi connectivity index (χ2n) is 6.92. The van der Waals surface area contributed by atoms with Crippen LogP contribution < -0.4 is 0 Å². The minimum atomic E-state index is -0.823. The van der Waals surface area contributed by atoms with E-state index >= 15 is 0 Å². The van der Waals surface area contributed by atoms with Gasteiger partial charge in [0.05, 0.1) is 30.8 Å². The molecular weight excluding hydrogens is 366 g/mol. The van der Waals surface area contributed by atoms with Crippen molar-refractivity contribution in [2.45, 2.75) is 26.2 Å². The van der Waals surface area contributed by atoms with Crippen molar-refractivity contribution in [1.82, 2.24) is 14.8 Å². The van der Waals surface area contributed by atoms with Gasteiger partial charge >= 0.3 is 5.97 Å². The lowest BCUT2D eigenvalue weighted by molar-refractivity contribution is -0.146. The lowest BCUT2D eigenvalue weighted by atomic mass is 9.97. The zero-order valence-corrected chi connectivity index (χ0v) is 15.9. The Kier molecular flexibility index (Phi) is 5.81. The van der Waals surface area contributed by atoms with Gasteiger partial charge < -0.3 is 23.7 Å². The number of rotatable bonds is 6. The smallest absolute Gasteiger partial charge is 0.306 e. The first-order chi connectivity index (χ1) is 13.3. The normalized spacial score (nSPS) is 14.9. The van der Waals surface area contributed by atoms with Crippen molar-refractivity contribution in [3.63, 3.8) is 0 Å². The number of carbonyl (C=O) groups is 3. The molecule has 3 heterocycles. The standard InChI is InChI=1S/C19H23N3O6/c1-12-14(20-18(28-12)15-4-3-9-27-15)10-16(23)21(2)11-17(24)22-7-5-13(6-8-22)19(25)26/h3-4,9,13H,5-8,10-11H2,1-2H3,(H,25,26). The van der Waals surface area contributed by atoms with Crippen molar-refractivity contribution >= 4 is 17.8 Å². The molecule has 1 N–H and O–H groups in total. The molecule has 0 aromatic carbocycles. The molecule has 1 fully saturated rings. The van der Waals surface area contributed by atoms with E-state index in [0.29, 0.717) is 49.0 Å². The summed E-state index contributed by atoms with van der Waals surface area (Å²) in [5, 5.41) is 9.03. The summed E-state index contributed by atoms with van der Waals surface area (Å²) in [6.45, 7) is 2.46. The third kappa shape index (κ3) is 4.41. The van der Waals surface area contributed by atoms with E-state index in [-0.39, 0.29) is 24.8 Å². The molecule has 0 bridgehead atoms. The van der Waals surface area contributed by atoms with E-state index in [1.807, 2.05) is 0 Å². The molecule has 0 aliphatic carbocycles. The number of hydrogen-bond donors (Lipinski definition) is 1. The SMILES string of the molecule is Cc1oc(-c2ccco2)nc1CC(=O)N(C)CC(=O)N1CCC(C(=O)O)CC1. The lowest BCUT2D eigenvalue weighted by Crippen LogP contribution is -2.45. The van der Waals surface area contributed by atoms with Crippen molar-refractivity contribution < 1.29 is 28.3 Å². The third-order valence-corrected chi connectivity index (χ3v) is 4.94. The summed E-state index contributed by atoms with van der Waals surface area (Å²) in [6, 6.07) is 3.44. The maximum Gasteiger partial charge on any atom is 0.306 e. The Morgan fingerprint density at radius 2 is 2.04 bits per heavy atom. The number of oxazole rings is 1. The lowest BCUT2D eigenvalue weighted by Gasteiger charge is -2.31. The quantitative estimate of drug-likeness (QED) is 0.797. The number of nitrogens with zero attached hydrogens (tertiary/aromatic N) is 3. The zero-order valence-electron chi connectivity index (χ0n) is 15.9. The Labute approximate surface area is 161 Å². The number of likely N-dealkylation sites (N-methyl/N-ethyl adjacent to an activating group) is 1. The van der Waals surface area contributed by atoms with Gasteiger partial charge in [0.15, 0.2) is 5.76 Å². The summed E-state index contributed by atoms with van der Waals surface area (Å²) < 4.78 is 10.8. The van der Waals surface area contributed by atoms with Gasteiger partial charge in [-0.2, -0.15) is 0 Å². The molecule has 3 rings (SSSR count). The van der Waals surface area contributed by atoms with Gasteiger partial charge in [0, 0.05) is 20.1 Å². The molecule has 2 amide bonds. The first-order valence-electron chi connectivity index (χ1n) is 9.10. The predicted octanol–water partition coefficient (Wildman–Crippen LogP) is 1.57. The van der Waals surface area contributed by atoms with Gasteiger partial charge in [-0.15, -0.1) is 0 Å². The summed E-state index contributed by atoms with van der Waals surface area (Å²) in [7, 11) is 1.56. The molecule has 0 radical (unpaired) electrons. The third-order valence-electron chi connectivity index (χ3n) is 4.94. The average molecular weight is 389 g/mol. The highest BCUT2D eigenvalue weighted by Gasteiger charge is 2.28. The van der Waals surface area contributed by atoms with Gasteiger partial charge in [0.25, 0.3) is 5.89 Å². The molecule has 28 heavy (non-hydrogen) atoms. The van der Waals surface area contributed by atoms with Crippen molar-refractivity contribution in [3.8, 4) is 11.7 Å². The van der Waals surface area contributed by atoms with Crippen LogP contribution in [0.2, 0.25) is 0 Å². The van der Waals surface area contributed by atoms with Crippen molar-refractivity contribution in [3.05, 3.63) is 29.9 Å². The first kappa shape index (κ1) is 19.7. The summed E-state index contributed by atoms with van der Waals surface area (Å²) >= 11 is 0. The number of amides is 2. The molecule has 9 nitrogen and oxygen atoms in total. The van der Waals surface area contributed by atoms with Crippen LogP contribution in [0.15, 0.2) is 27.2 Å². The molecule has 2 aromatic rings. The molecule has 0 spiro atoms. The highest BCUT2D eigenvalue weighted by molar-refractivity contribution is 5.85. The number of likely N-dealkylation sites (tertiary alicyclic amines) is 1. The number of piperidine rings is 1. The molecular formula is C19H23N3O6. The molecule has 9 heteroatoms. The number of furan rings is 1. The topological polar surface area (TPSA) is 117 Å². The van der Waals surface area contributed by atoms with E-state index in [2.05, 4.69) is 4.98 Å². The highest BCUT2D eigenvalue weighted by atomic mass is 16.4. The van der Waals surface area contributed by atoms with E-state index in [0.717, 1.165) is 0 Å². The van der Waals surface area contributed by atoms with Crippen LogP contribution in [0.1, 0.15) is 24.3 Å². The number of carboxylic acids is 1. The van der Waals surface area contributed by atoms with E-state index in [1.54, 1.807) is 31.0 Å². The monoisotopic (exact) mass is 389 g/mol. The fourth-order valence-corrected chi connectivity index (χ4v) is 3.14. The van der Waals surface area contributed by atoms with Gasteiger partial charge in [0.1, 0.15) is 5.76 Å². The number of aliphatic carboxylic acids is 1. The van der Waals surface area contributed by atoms with Crippen LogP contribution in [0.4, 0.5) is 0 Å². The Bertz CT molecular complexity index is 849. The van der Waals surface area contributed by atoms with Gasteiger partial charge in [-0.05, 0) is 31.9 Å². The maximum absolute atomic E-state index is 12.5. The number of aryl methyl sites for hydroxylation is 1. The predicted molar refractivity (Wildman–Crippen MR) is 97.2 cm³/mol. The molecule has 0 saturated carbocycles. The largest absolute Gasteiger partial charge is 0.481 e. The van der Waals surface area contributed by atoms with Gasteiger partial charge in [0.2, 0.25) is 11.8 Å². The molecule has 0 unspecified atom stereocenters. The second kappa shape index (κ2) is 8.28. The van der Waals surface area contributed by atoms with E-state index in [1.165, 1.54) is 11.2 Å². The number of aromatic nitrogens is 1. The van der Waals surface area contributed by atoms with Gasteiger partial charge in [-0.1, -0.05) is 0 Å². The van der Waals surface area contributed by atoms with Crippen LogP contribution in [0.5, 0.6) is 0 Å². The molecule has 0 atom stereocenters. The molecule has 2 aromatic heterocycles. The van der Waals surface area contributed by atoms with E-state index in [4.69, 9.17) is 13.9 Å². The Balaban J connectivity index is 1.54. The molecule has 1 aliphatic rings. The summed E-state index contributed by atoms with van der Waals surface area (Å²) in [6.07, 6.45) is 2.40. The fraction of sp³-hybridized carbons (Fsp3) is 0.474. The number of carboxylic acid groups (broad SMARTS) is 1. The summed E-state index contributed by atoms with van der Waals surface area (Å²) in [4.78, 5) is 43.2. The van der Waals surface area contributed by atoms with Crippen molar-refractivity contribution in [1.29, 1.82) is 0 Å². The maximum atomic E-state index is 12.5. The Hall–Kier alpha value is -3.10. The molecule has 1 aliphatic heterocycles. The van der Waals surface area contributed by atoms with Crippen LogP contribution in [0.3, 0.4) is 0 Å². The minimum absolute atomic E-state index is 0.0148. The van der Waals surface area contributed by atoms with Crippen LogP contribution >= 0.6 is 0 Å². The Morgan fingerprint density at radius 1 is 1.32 bits per heavy atom. The number of carbonyl (C=O) groups excluding carboxylic acids is 2. The molecule has 1 saturated heterocycles. The average Bonchev–Trinajstić information content (AvgIpc) is 3.32. The minimum Gasteiger partial charge on any atom is -0.481 e. The zero-order chi connectivity index (χ0) is 20.3. The summed E-state index contributed by atoms with van der Waals surface area (Å²) in [5.74, 6) is -0.349. The summed E-state index contributed by atoms with van der Waals surface area (Å²) in [5.41, 5.74) is 0.498. The van der Waals surface area contributed by atoms with E-state index < -0.39 is 11.9 Å². The second-order valence-corrected chi connectivity index (χ2v) is 6.92. The Morgan fingerprint density at radius 3 is 2.64 bits per heavy atom. The van der Waals surface area contributed by atoms with E-state index in [9.17, 15) is 14.4 Å². The van der Waals surface area contributed by atoms with Crippen LogP contribution in [0.25, 0.3) is 11.7 Å². The fourth-order valence-electron chi connectivity index (χ4n) is 3.14.